The van der Waals surface area contributed by atoms with Gasteiger partial charge in [-0.15, -0.1) is 0 Å². The molecule has 7 nitrogen and oxygen atoms in total. The van der Waals surface area contributed by atoms with Crippen LogP contribution in [0.1, 0.15) is 47.3 Å². The Balaban J connectivity index is 1.66. The van der Waals surface area contributed by atoms with Crippen LogP contribution in [0.3, 0.4) is 0 Å². The Labute approximate surface area is 196 Å². The van der Waals surface area contributed by atoms with Gasteiger partial charge in [-0.05, 0) is 47.9 Å². The summed E-state index contributed by atoms with van der Waals surface area (Å²) in [5.74, 6) is 1.78. The van der Waals surface area contributed by atoms with Crippen LogP contribution in [0, 0.1) is 5.92 Å². The zero-order valence-corrected chi connectivity index (χ0v) is 19.2. The zero-order chi connectivity index (χ0) is 23.8. The van der Waals surface area contributed by atoms with E-state index < -0.39 is 6.04 Å². The van der Waals surface area contributed by atoms with Crippen LogP contribution in [0.2, 0.25) is 0 Å². The Morgan fingerprint density at radius 3 is 2.59 bits per heavy atom. The highest BCUT2D eigenvalue weighted by Crippen LogP contribution is 2.41. The van der Waals surface area contributed by atoms with E-state index in [4.69, 9.17) is 18.3 Å². The minimum Gasteiger partial charge on any atom is -0.493 e. The van der Waals surface area contributed by atoms with Crippen molar-refractivity contribution in [3.8, 4) is 11.5 Å². The van der Waals surface area contributed by atoms with E-state index in [0.717, 1.165) is 5.56 Å². The topological polar surface area (TPSA) is 82.1 Å². The van der Waals surface area contributed by atoms with Crippen molar-refractivity contribution in [3.05, 3.63) is 93.7 Å². The second-order valence-electron chi connectivity index (χ2n) is 8.70. The maximum absolute atomic E-state index is 13.6. The Morgan fingerprint density at radius 1 is 1.03 bits per heavy atom. The number of fused-ring (bicyclic) bond motifs is 2. The van der Waals surface area contributed by atoms with Crippen molar-refractivity contribution in [3.63, 3.8) is 0 Å². The van der Waals surface area contributed by atoms with Gasteiger partial charge < -0.3 is 23.2 Å². The van der Waals surface area contributed by atoms with Gasteiger partial charge >= 0.3 is 0 Å². The van der Waals surface area contributed by atoms with Crippen LogP contribution in [0.25, 0.3) is 11.0 Å². The highest BCUT2D eigenvalue weighted by Gasteiger charge is 2.43. The number of rotatable bonds is 7. The number of para-hydroxylation sites is 1. The number of furan rings is 1. The molecule has 0 bridgehead atoms. The SMILES string of the molecule is COc1cc([C@@H]2c3c(oc4ccccc4c3=O)C(=O)N2Cc2ccco2)ccc1OCC(C)C. The van der Waals surface area contributed by atoms with Crippen LogP contribution in [0.5, 0.6) is 11.5 Å². The molecular formula is C27H25NO6. The molecule has 0 saturated carbocycles. The molecule has 2 aromatic carbocycles. The molecule has 4 aromatic rings. The number of benzene rings is 2. The van der Waals surface area contributed by atoms with Crippen molar-refractivity contribution in [2.24, 2.45) is 5.92 Å². The summed E-state index contributed by atoms with van der Waals surface area (Å²) < 4.78 is 22.9. The maximum atomic E-state index is 13.6. The summed E-state index contributed by atoms with van der Waals surface area (Å²) in [4.78, 5) is 28.7. The van der Waals surface area contributed by atoms with E-state index in [9.17, 15) is 9.59 Å². The molecule has 0 spiro atoms. The minimum absolute atomic E-state index is 0.0550. The average molecular weight is 459 g/mol. The van der Waals surface area contributed by atoms with E-state index in [1.54, 1.807) is 54.7 Å². The first kappa shape index (κ1) is 21.8. The van der Waals surface area contributed by atoms with Gasteiger partial charge in [-0.25, -0.2) is 0 Å². The fraction of sp³-hybridized carbons (Fsp3) is 0.259. The molecule has 1 amide bonds. The number of carbonyl (C=O) groups is 1. The lowest BCUT2D eigenvalue weighted by molar-refractivity contribution is 0.0701. The van der Waals surface area contributed by atoms with Gasteiger partial charge in [-0.1, -0.05) is 32.0 Å². The molecule has 0 fully saturated rings. The zero-order valence-electron chi connectivity index (χ0n) is 19.2. The summed E-state index contributed by atoms with van der Waals surface area (Å²) in [5, 5.41) is 0.433. The lowest BCUT2D eigenvalue weighted by Crippen LogP contribution is -2.29. The van der Waals surface area contributed by atoms with Crippen molar-refractivity contribution >= 4 is 16.9 Å². The van der Waals surface area contributed by atoms with Gasteiger partial charge in [0, 0.05) is 0 Å². The molecule has 2 aromatic heterocycles. The molecule has 0 unspecified atom stereocenters. The maximum Gasteiger partial charge on any atom is 0.291 e. The van der Waals surface area contributed by atoms with E-state index >= 15 is 0 Å². The summed E-state index contributed by atoms with van der Waals surface area (Å²) in [6.07, 6.45) is 1.56. The van der Waals surface area contributed by atoms with E-state index in [0.29, 0.717) is 46.3 Å². The van der Waals surface area contributed by atoms with Crippen LogP contribution >= 0.6 is 0 Å². The molecule has 0 aliphatic carbocycles. The van der Waals surface area contributed by atoms with Crippen molar-refractivity contribution < 1.29 is 23.1 Å². The molecule has 1 aliphatic rings. The largest absolute Gasteiger partial charge is 0.493 e. The standard InChI is InChI=1S/C27H25NO6/c1-16(2)15-33-21-11-10-17(13-22(21)31-3)24-23-25(29)19-8-4-5-9-20(19)34-26(23)27(30)28(24)14-18-7-6-12-32-18/h4-13,16,24H,14-15H2,1-3H3/t24-/m1/s1. The summed E-state index contributed by atoms with van der Waals surface area (Å²) >= 11 is 0. The fourth-order valence-corrected chi connectivity index (χ4v) is 4.28. The highest BCUT2D eigenvalue weighted by molar-refractivity contribution is 5.99. The van der Waals surface area contributed by atoms with Crippen molar-refractivity contribution in [1.29, 1.82) is 0 Å². The molecule has 0 radical (unpaired) electrons. The van der Waals surface area contributed by atoms with Gasteiger partial charge in [0.2, 0.25) is 5.76 Å². The molecule has 1 aliphatic heterocycles. The number of amides is 1. The highest BCUT2D eigenvalue weighted by atomic mass is 16.5. The third kappa shape index (κ3) is 3.73. The van der Waals surface area contributed by atoms with Gasteiger partial charge in [0.25, 0.3) is 5.91 Å². The molecule has 5 rings (SSSR count). The quantitative estimate of drug-likeness (QED) is 0.379. The second kappa shape index (κ2) is 8.74. The van der Waals surface area contributed by atoms with Crippen molar-refractivity contribution in [2.45, 2.75) is 26.4 Å². The molecule has 174 valence electrons. The van der Waals surface area contributed by atoms with Crippen LogP contribution < -0.4 is 14.9 Å². The van der Waals surface area contributed by atoms with E-state index in [1.165, 1.54) is 0 Å². The van der Waals surface area contributed by atoms with Crippen LogP contribution in [-0.2, 0) is 6.54 Å². The summed E-state index contributed by atoms with van der Waals surface area (Å²) in [6.45, 7) is 4.86. The predicted molar refractivity (Wildman–Crippen MR) is 126 cm³/mol. The molecule has 0 saturated heterocycles. The van der Waals surface area contributed by atoms with Gasteiger partial charge in [0.15, 0.2) is 16.9 Å². The number of methoxy groups -OCH3 is 1. The van der Waals surface area contributed by atoms with E-state index in [-0.39, 0.29) is 23.6 Å². The summed E-state index contributed by atoms with van der Waals surface area (Å²) in [5.41, 5.74) is 1.19. The summed E-state index contributed by atoms with van der Waals surface area (Å²) in [7, 11) is 1.57. The molecule has 3 heterocycles. The van der Waals surface area contributed by atoms with E-state index in [1.807, 2.05) is 18.2 Å². The van der Waals surface area contributed by atoms with Crippen LogP contribution in [-0.4, -0.2) is 24.5 Å². The second-order valence-corrected chi connectivity index (χ2v) is 8.70. The number of nitrogens with zero attached hydrogens (tertiary/aromatic N) is 1. The Kier molecular flexibility index (Phi) is 5.61. The van der Waals surface area contributed by atoms with Gasteiger partial charge in [0.1, 0.15) is 11.3 Å². The van der Waals surface area contributed by atoms with Crippen LogP contribution in [0.4, 0.5) is 0 Å². The van der Waals surface area contributed by atoms with Crippen LogP contribution in [0.15, 0.2) is 74.5 Å². The third-order valence-corrected chi connectivity index (χ3v) is 5.86. The van der Waals surface area contributed by atoms with E-state index in [2.05, 4.69) is 13.8 Å². The van der Waals surface area contributed by atoms with Gasteiger partial charge in [-0.3, -0.25) is 9.59 Å². The first-order valence-electron chi connectivity index (χ1n) is 11.2. The fourth-order valence-electron chi connectivity index (χ4n) is 4.28. The molecule has 7 heteroatoms. The van der Waals surface area contributed by atoms with Crippen molar-refractivity contribution in [1.82, 2.24) is 4.90 Å². The number of hydrogen-bond acceptors (Lipinski definition) is 6. The molecule has 0 N–H and O–H groups in total. The first-order valence-corrected chi connectivity index (χ1v) is 11.2. The molecule has 34 heavy (non-hydrogen) atoms. The number of carbonyl (C=O) groups excluding carboxylic acids is 1. The summed E-state index contributed by atoms with van der Waals surface area (Å²) in [6, 6.07) is 15.3. The lowest BCUT2D eigenvalue weighted by Gasteiger charge is -2.25. The third-order valence-electron chi connectivity index (χ3n) is 5.86. The normalized spacial score (nSPS) is 15.2. The predicted octanol–water partition coefficient (Wildman–Crippen LogP) is 5.17. The van der Waals surface area contributed by atoms with Gasteiger partial charge in [0.05, 0.1) is 43.5 Å². The molecular weight excluding hydrogens is 434 g/mol. The monoisotopic (exact) mass is 459 g/mol. The average Bonchev–Trinajstić information content (AvgIpc) is 3.45. The first-order chi connectivity index (χ1) is 16.5. The van der Waals surface area contributed by atoms with Crippen molar-refractivity contribution in [2.75, 3.05) is 13.7 Å². The molecule has 1 atom stereocenters. The van der Waals surface area contributed by atoms with Gasteiger partial charge in [-0.2, -0.15) is 0 Å². The minimum atomic E-state index is -0.665. The lowest BCUT2D eigenvalue weighted by atomic mass is 9.98. The Hall–Kier alpha value is -4.00. The smallest absolute Gasteiger partial charge is 0.291 e. The Bertz CT molecular complexity index is 1400. The Morgan fingerprint density at radius 2 is 1.85 bits per heavy atom. The number of hydrogen-bond donors (Lipinski definition) is 0. The number of ether oxygens (including phenoxy) is 2.